The van der Waals surface area contributed by atoms with Crippen molar-refractivity contribution in [3.63, 3.8) is 0 Å². The zero-order valence-electron chi connectivity index (χ0n) is 8.78. The minimum atomic E-state index is 0.559. The minimum Gasteiger partial charge on any atom is -0.298 e. The summed E-state index contributed by atoms with van der Waals surface area (Å²) in [6.07, 6.45) is 0.753. The second-order valence-electron chi connectivity index (χ2n) is 2.91. The number of rotatable bonds is 1. The Kier molecular flexibility index (Phi) is 7.21. The summed E-state index contributed by atoms with van der Waals surface area (Å²) >= 11 is 12.7. The zero-order valence-corrected chi connectivity index (χ0v) is 15.1. The number of hydrogen-bond donors (Lipinski definition) is 0. The van der Waals surface area contributed by atoms with Gasteiger partial charge >= 0.3 is 0 Å². The van der Waals surface area contributed by atoms with E-state index in [1.54, 1.807) is 12.1 Å². The van der Waals surface area contributed by atoms with Crippen molar-refractivity contribution in [1.29, 1.82) is 0 Å². The Hall–Kier alpha value is -0.110. The first kappa shape index (κ1) is 15.9. The largest absolute Gasteiger partial charge is 0.298 e. The predicted molar refractivity (Wildman–Crippen MR) is 84.7 cm³/mol. The van der Waals surface area contributed by atoms with Crippen molar-refractivity contribution >= 4 is 70.0 Å². The van der Waals surface area contributed by atoms with Crippen LogP contribution in [0.3, 0.4) is 0 Å². The topological polar surface area (TPSA) is 42.9 Å². The number of halogens is 4. The van der Waals surface area contributed by atoms with E-state index in [0.29, 0.717) is 14.8 Å². The molecule has 0 spiro atoms. The minimum absolute atomic E-state index is 0.559. The lowest BCUT2D eigenvalue weighted by Gasteiger charge is -1.93. The van der Waals surface area contributed by atoms with Gasteiger partial charge in [-0.25, -0.2) is 9.97 Å². The van der Waals surface area contributed by atoms with Crippen LogP contribution in [0.1, 0.15) is 10.4 Å². The van der Waals surface area contributed by atoms with E-state index in [4.69, 9.17) is 0 Å². The summed E-state index contributed by atoms with van der Waals surface area (Å²) in [6, 6.07) is 9.08. The van der Waals surface area contributed by atoms with Gasteiger partial charge in [0.2, 0.25) is 0 Å². The van der Waals surface area contributed by atoms with E-state index in [-0.39, 0.29) is 0 Å². The molecular weight excluding hydrogens is 496 g/mol. The summed E-state index contributed by atoms with van der Waals surface area (Å²) in [5.74, 6) is 0. The van der Waals surface area contributed by atoms with Crippen molar-refractivity contribution in [2.75, 3.05) is 0 Å². The molecule has 0 aliphatic heterocycles. The van der Waals surface area contributed by atoms with Gasteiger partial charge in [0.1, 0.15) is 18.4 Å². The lowest BCUT2D eigenvalue weighted by atomic mass is 10.3. The maximum absolute atomic E-state index is 10.3. The van der Waals surface area contributed by atoms with Crippen LogP contribution in [0, 0.1) is 0 Å². The van der Waals surface area contributed by atoms with E-state index in [2.05, 4.69) is 73.7 Å². The number of carbonyl (C=O) groups is 1. The Morgan fingerprint density at radius 2 is 1.39 bits per heavy atom. The molecule has 7 heteroatoms. The number of aromatic nitrogens is 2. The fourth-order valence-corrected chi connectivity index (χ4v) is 2.78. The highest BCUT2D eigenvalue weighted by molar-refractivity contribution is 9.11. The summed E-state index contributed by atoms with van der Waals surface area (Å²) in [5.41, 5.74) is 0.559. The normalized spacial score (nSPS) is 9.33. The van der Waals surface area contributed by atoms with Crippen molar-refractivity contribution in [2.24, 2.45) is 0 Å². The van der Waals surface area contributed by atoms with Crippen molar-refractivity contribution in [1.82, 2.24) is 9.97 Å². The molecule has 2 heterocycles. The van der Waals surface area contributed by atoms with Crippen LogP contribution in [0.15, 0.2) is 48.7 Å². The van der Waals surface area contributed by atoms with E-state index >= 15 is 0 Å². The Morgan fingerprint density at radius 1 is 0.833 bits per heavy atom. The lowest BCUT2D eigenvalue weighted by molar-refractivity contribution is 0.112. The molecule has 2 aromatic rings. The first-order chi connectivity index (χ1) is 8.52. The lowest BCUT2D eigenvalue weighted by Crippen LogP contribution is -1.85. The monoisotopic (exact) mass is 498 g/mol. The summed E-state index contributed by atoms with van der Waals surface area (Å²) in [7, 11) is 0. The third kappa shape index (κ3) is 5.69. The van der Waals surface area contributed by atoms with Gasteiger partial charge < -0.3 is 0 Å². The van der Waals surface area contributed by atoms with Crippen LogP contribution in [0.4, 0.5) is 0 Å². The predicted octanol–water partition coefficient (Wildman–Crippen LogP) is 5.03. The molecule has 18 heavy (non-hydrogen) atoms. The number of aldehydes is 1. The molecule has 2 aromatic heterocycles. The molecule has 0 fully saturated rings. The van der Waals surface area contributed by atoms with Gasteiger partial charge in [-0.2, -0.15) is 0 Å². The molecule has 0 bridgehead atoms. The number of hydrogen-bond acceptors (Lipinski definition) is 3. The highest BCUT2D eigenvalue weighted by Gasteiger charge is 1.98. The SMILES string of the molecule is Brc1cccc(Br)n1.O=Cc1ccc(Br)nc1Br. The second kappa shape index (κ2) is 8.14. The Labute approximate surface area is 138 Å². The molecule has 2 rings (SSSR count). The van der Waals surface area contributed by atoms with Crippen LogP contribution >= 0.6 is 63.7 Å². The molecule has 0 aliphatic rings. The number of pyridine rings is 2. The van der Waals surface area contributed by atoms with Gasteiger partial charge in [0.05, 0.1) is 0 Å². The van der Waals surface area contributed by atoms with Crippen molar-refractivity contribution < 1.29 is 4.79 Å². The first-order valence-electron chi connectivity index (χ1n) is 4.58. The molecular formula is C11H6Br4N2O. The summed E-state index contributed by atoms with van der Waals surface area (Å²) in [4.78, 5) is 18.2. The maximum atomic E-state index is 10.3. The molecule has 3 nitrogen and oxygen atoms in total. The fourth-order valence-electron chi connectivity index (χ4n) is 0.894. The molecule has 0 N–H and O–H groups in total. The standard InChI is InChI=1S/C6H3Br2NO.C5H3Br2N/c7-5-2-1-4(3-10)6(8)9-5;6-4-2-1-3-5(7)8-4/h1-3H;1-3H. The molecule has 0 saturated heterocycles. The molecule has 0 radical (unpaired) electrons. The van der Waals surface area contributed by atoms with E-state index in [9.17, 15) is 4.79 Å². The van der Waals surface area contributed by atoms with Gasteiger partial charge in [-0.3, -0.25) is 4.79 Å². The number of nitrogens with zero attached hydrogens (tertiary/aromatic N) is 2. The molecule has 0 atom stereocenters. The van der Waals surface area contributed by atoms with Gasteiger partial charge in [0.15, 0.2) is 6.29 Å². The zero-order chi connectivity index (χ0) is 13.5. The Morgan fingerprint density at radius 3 is 1.78 bits per heavy atom. The summed E-state index contributed by atoms with van der Waals surface area (Å²) in [6.45, 7) is 0. The smallest absolute Gasteiger partial charge is 0.152 e. The third-order valence-corrected chi connectivity index (χ3v) is 3.61. The van der Waals surface area contributed by atoms with Crippen LogP contribution in [0.5, 0.6) is 0 Å². The molecule has 0 saturated carbocycles. The van der Waals surface area contributed by atoms with Gasteiger partial charge in [-0.05, 0) is 88.0 Å². The summed E-state index contributed by atoms with van der Waals surface area (Å²) < 4.78 is 2.99. The fraction of sp³-hybridized carbons (Fsp3) is 0. The second-order valence-corrected chi connectivity index (χ2v) is 6.10. The van der Waals surface area contributed by atoms with Crippen LogP contribution in [0.25, 0.3) is 0 Å². The van der Waals surface area contributed by atoms with Gasteiger partial charge in [-0.15, -0.1) is 0 Å². The highest BCUT2D eigenvalue weighted by Crippen LogP contribution is 2.15. The van der Waals surface area contributed by atoms with Gasteiger partial charge in [0, 0.05) is 5.56 Å². The molecule has 94 valence electrons. The quantitative estimate of drug-likeness (QED) is 0.407. The Balaban J connectivity index is 0.000000184. The van der Waals surface area contributed by atoms with Crippen LogP contribution in [0.2, 0.25) is 0 Å². The van der Waals surface area contributed by atoms with Crippen LogP contribution in [-0.4, -0.2) is 16.3 Å². The average molecular weight is 502 g/mol. The molecule has 0 aliphatic carbocycles. The summed E-state index contributed by atoms with van der Waals surface area (Å²) in [5, 5.41) is 0. The molecule has 0 aromatic carbocycles. The van der Waals surface area contributed by atoms with E-state index < -0.39 is 0 Å². The highest BCUT2D eigenvalue weighted by atomic mass is 79.9. The molecule has 0 amide bonds. The van der Waals surface area contributed by atoms with Crippen molar-refractivity contribution in [3.05, 3.63) is 54.3 Å². The van der Waals surface area contributed by atoms with Gasteiger partial charge in [0.25, 0.3) is 0 Å². The van der Waals surface area contributed by atoms with Crippen molar-refractivity contribution in [2.45, 2.75) is 0 Å². The Bertz CT molecular complexity index is 531. The number of carbonyl (C=O) groups excluding carboxylic acids is 1. The van der Waals surface area contributed by atoms with E-state index in [1.807, 2.05) is 18.2 Å². The van der Waals surface area contributed by atoms with Gasteiger partial charge in [-0.1, -0.05) is 6.07 Å². The van der Waals surface area contributed by atoms with Crippen molar-refractivity contribution in [3.8, 4) is 0 Å². The first-order valence-corrected chi connectivity index (χ1v) is 7.75. The third-order valence-electron chi connectivity index (χ3n) is 1.65. The van der Waals surface area contributed by atoms with E-state index in [1.165, 1.54) is 0 Å². The maximum Gasteiger partial charge on any atom is 0.152 e. The average Bonchev–Trinajstić information content (AvgIpc) is 2.29. The van der Waals surface area contributed by atoms with Crippen LogP contribution in [-0.2, 0) is 0 Å². The molecule has 0 unspecified atom stereocenters. The van der Waals surface area contributed by atoms with Crippen LogP contribution < -0.4 is 0 Å². The van der Waals surface area contributed by atoms with E-state index in [0.717, 1.165) is 15.5 Å².